The number of nitrogens with zero attached hydrogens (tertiary/aromatic N) is 1. The Kier molecular flexibility index (Phi) is 4.14. The second kappa shape index (κ2) is 6.21. The minimum absolute atomic E-state index is 0.352. The number of likely N-dealkylation sites (tertiary alicyclic amines) is 1. The first-order valence-corrected chi connectivity index (χ1v) is 7.44. The van der Waals surface area contributed by atoms with Crippen molar-refractivity contribution < 1.29 is 0 Å². The summed E-state index contributed by atoms with van der Waals surface area (Å²) >= 11 is 0. The van der Waals surface area contributed by atoms with Crippen LogP contribution in [0.3, 0.4) is 0 Å². The third-order valence-electron chi connectivity index (χ3n) is 4.17. The van der Waals surface area contributed by atoms with E-state index in [9.17, 15) is 0 Å². The number of piperidine rings is 1. The highest BCUT2D eigenvalue weighted by Crippen LogP contribution is 2.30. The normalized spacial score (nSPS) is 17.5. The van der Waals surface area contributed by atoms with E-state index in [1.165, 1.54) is 11.1 Å². The van der Waals surface area contributed by atoms with Crippen LogP contribution in [0.5, 0.6) is 0 Å². The van der Waals surface area contributed by atoms with Crippen molar-refractivity contribution in [2.24, 2.45) is 5.73 Å². The molecule has 2 aromatic carbocycles. The van der Waals surface area contributed by atoms with Crippen LogP contribution in [0.25, 0.3) is 0 Å². The van der Waals surface area contributed by atoms with Crippen LogP contribution in [0.15, 0.2) is 60.7 Å². The number of rotatable bonds is 3. The van der Waals surface area contributed by atoms with Crippen LogP contribution >= 0.6 is 0 Å². The fourth-order valence-corrected chi connectivity index (χ4v) is 3.06. The molecule has 0 atom stereocenters. The van der Waals surface area contributed by atoms with E-state index < -0.39 is 0 Å². The van der Waals surface area contributed by atoms with Gasteiger partial charge < -0.3 is 5.73 Å². The zero-order valence-corrected chi connectivity index (χ0v) is 11.8. The highest BCUT2D eigenvalue weighted by atomic mass is 15.2. The molecule has 0 radical (unpaired) electrons. The average molecular weight is 266 g/mol. The fourth-order valence-electron chi connectivity index (χ4n) is 3.06. The molecule has 1 heterocycles. The minimum atomic E-state index is 0.352. The van der Waals surface area contributed by atoms with Gasteiger partial charge in [0.2, 0.25) is 0 Å². The molecule has 1 aliphatic heterocycles. The van der Waals surface area contributed by atoms with Crippen molar-refractivity contribution in [3.05, 3.63) is 71.8 Å². The molecule has 2 nitrogen and oxygen atoms in total. The number of hydrogen-bond donors (Lipinski definition) is 1. The SMILES string of the molecule is NC1CCN(C(c2ccccc2)c2ccccc2)CC1. The summed E-state index contributed by atoms with van der Waals surface area (Å²) in [5.41, 5.74) is 8.79. The predicted octanol–water partition coefficient (Wildman–Crippen LogP) is 3.20. The maximum Gasteiger partial charge on any atom is 0.0601 e. The standard InChI is InChI=1S/C18H22N2/c19-17-11-13-20(14-12-17)18(15-7-3-1-4-8-15)16-9-5-2-6-10-16/h1-10,17-18H,11-14,19H2. The van der Waals surface area contributed by atoms with Crippen molar-refractivity contribution in [1.29, 1.82) is 0 Å². The minimum Gasteiger partial charge on any atom is -0.328 e. The van der Waals surface area contributed by atoms with E-state index in [1.807, 2.05) is 0 Å². The van der Waals surface area contributed by atoms with Crippen LogP contribution in [0.1, 0.15) is 30.0 Å². The molecule has 3 rings (SSSR count). The topological polar surface area (TPSA) is 29.3 Å². The average Bonchev–Trinajstić information content (AvgIpc) is 2.52. The molecular formula is C18H22N2. The van der Waals surface area contributed by atoms with Gasteiger partial charge in [-0.05, 0) is 24.0 Å². The van der Waals surface area contributed by atoms with E-state index in [0.717, 1.165) is 25.9 Å². The van der Waals surface area contributed by atoms with Crippen LogP contribution in [-0.2, 0) is 0 Å². The lowest BCUT2D eigenvalue weighted by molar-refractivity contribution is 0.175. The first kappa shape index (κ1) is 13.3. The van der Waals surface area contributed by atoms with Crippen LogP contribution in [0, 0.1) is 0 Å². The number of benzene rings is 2. The Hall–Kier alpha value is -1.64. The van der Waals surface area contributed by atoms with Crippen molar-refractivity contribution in [2.45, 2.75) is 24.9 Å². The summed E-state index contributed by atoms with van der Waals surface area (Å²) in [5, 5.41) is 0. The van der Waals surface area contributed by atoms with Gasteiger partial charge in [0.1, 0.15) is 0 Å². The second-order valence-electron chi connectivity index (χ2n) is 5.60. The van der Waals surface area contributed by atoms with Crippen LogP contribution in [0.4, 0.5) is 0 Å². The Balaban J connectivity index is 1.92. The molecule has 2 aromatic rings. The van der Waals surface area contributed by atoms with Gasteiger partial charge in [0.05, 0.1) is 6.04 Å². The molecule has 0 amide bonds. The fraction of sp³-hybridized carbons (Fsp3) is 0.333. The molecule has 1 fully saturated rings. The molecule has 104 valence electrons. The Labute approximate surface area is 121 Å². The monoisotopic (exact) mass is 266 g/mol. The molecule has 0 spiro atoms. The Morgan fingerprint density at radius 2 is 1.25 bits per heavy atom. The lowest BCUT2D eigenvalue weighted by Gasteiger charge is -2.37. The molecule has 20 heavy (non-hydrogen) atoms. The first-order valence-electron chi connectivity index (χ1n) is 7.44. The van der Waals surface area contributed by atoms with Crippen LogP contribution < -0.4 is 5.73 Å². The molecule has 1 saturated heterocycles. The van der Waals surface area contributed by atoms with Gasteiger partial charge in [-0.15, -0.1) is 0 Å². The van der Waals surface area contributed by atoms with Crippen LogP contribution in [0.2, 0.25) is 0 Å². The van der Waals surface area contributed by atoms with Gasteiger partial charge in [0, 0.05) is 19.1 Å². The summed E-state index contributed by atoms with van der Waals surface area (Å²) in [4.78, 5) is 2.56. The molecule has 2 N–H and O–H groups in total. The molecule has 2 heteroatoms. The molecule has 0 aliphatic carbocycles. The van der Waals surface area contributed by atoms with E-state index in [-0.39, 0.29) is 0 Å². The maximum absolute atomic E-state index is 6.05. The summed E-state index contributed by atoms with van der Waals surface area (Å²) in [6.07, 6.45) is 2.19. The van der Waals surface area contributed by atoms with E-state index in [2.05, 4.69) is 65.6 Å². The lowest BCUT2D eigenvalue weighted by atomic mass is 9.94. The van der Waals surface area contributed by atoms with Crippen molar-refractivity contribution >= 4 is 0 Å². The first-order chi connectivity index (χ1) is 9.84. The largest absolute Gasteiger partial charge is 0.328 e. The van der Waals surface area contributed by atoms with Gasteiger partial charge in [-0.3, -0.25) is 4.90 Å². The number of hydrogen-bond acceptors (Lipinski definition) is 2. The van der Waals surface area contributed by atoms with Gasteiger partial charge in [0.25, 0.3) is 0 Å². The molecular weight excluding hydrogens is 244 g/mol. The van der Waals surface area contributed by atoms with Crippen molar-refractivity contribution in [2.75, 3.05) is 13.1 Å². The van der Waals surface area contributed by atoms with E-state index >= 15 is 0 Å². The molecule has 0 aromatic heterocycles. The maximum atomic E-state index is 6.05. The van der Waals surface area contributed by atoms with Crippen molar-refractivity contribution in [3.63, 3.8) is 0 Å². The van der Waals surface area contributed by atoms with E-state index in [1.54, 1.807) is 0 Å². The molecule has 0 bridgehead atoms. The third-order valence-corrected chi connectivity index (χ3v) is 4.17. The van der Waals surface area contributed by atoms with E-state index in [4.69, 9.17) is 5.73 Å². The Morgan fingerprint density at radius 1 is 0.800 bits per heavy atom. The third kappa shape index (κ3) is 2.92. The highest BCUT2D eigenvalue weighted by Gasteiger charge is 2.25. The van der Waals surface area contributed by atoms with E-state index in [0.29, 0.717) is 12.1 Å². The zero-order valence-electron chi connectivity index (χ0n) is 11.8. The predicted molar refractivity (Wildman–Crippen MR) is 83.5 cm³/mol. The van der Waals surface area contributed by atoms with Gasteiger partial charge in [-0.2, -0.15) is 0 Å². The molecule has 0 unspecified atom stereocenters. The van der Waals surface area contributed by atoms with Gasteiger partial charge in [-0.1, -0.05) is 60.7 Å². The number of nitrogens with two attached hydrogens (primary N) is 1. The van der Waals surface area contributed by atoms with Crippen LogP contribution in [-0.4, -0.2) is 24.0 Å². The van der Waals surface area contributed by atoms with Gasteiger partial charge in [-0.25, -0.2) is 0 Å². The Bertz CT molecular complexity index is 476. The van der Waals surface area contributed by atoms with Crippen molar-refractivity contribution in [3.8, 4) is 0 Å². The highest BCUT2D eigenvalue weighted by molar-refractivity contribution is 5.31. The Morgan fingerprint density at radius 3 is 1.70 bits per heavy atom. The smallest absolute Gasteiger partial charge is 0.0601 e. The summed E-state index contributed by atoms with van der Waals surface area (Å²) in [7, 11) is 0. The molecule has 1 aliphatic rings. The molecule has 0 saturated carbocycles. The summed E-state index contributed by atoms with van der Waals surface area (Å²) in [5.74, 6) is 0. The van der Waals surface area contributed by atoms with Gasteiger partial charge >= 0.3 is 0 Å². The summed E-state index contributed by atoms with van der Waals surface area (Å²) < 4.78 is 0. The lowest BCUT2D eigenvalue weighted by Crippen LogP contribution is -2.41. The zero-order chi connectivity index (χ0) is 13.8. The quantitative estimate of drug-likeness (QED) is 0.924. The van der Waals surface area contributed by atoms with Gasteiger partial charge in [0.15, 0.2) is 0 Å². The van der Waals surface area contributed by atoms with Crippen molar-refractivity contribution in [1.82, 2.24) is 4.90 Å². The summed E-state index contributed by atoms with van der Waals surface area (Å²) in [6, 6.07) is 22.3. The summed E-state index contributed by atoms with van der Waals surface area (Å²) in [6.45, 7) is 2.16. The second-order valence-corrected chi connectivity index (χ2v) is 5.60.